The fourth-order valence-corrected chi connectivity index (χ4v) is 3.09. The third-order valence-corrected chi connectivity index (χ3v) is 4.57. The normalized spacial score (nSPS) is 14.0. The molecule has 3 rings (SSSR count). The van der Waals surface area contributed by atoms with E-state index < -0.39 is 0 Å². The second-order valence-corrected chi connectivity index (χ2v) is 6.83. The van der Waals surface area contributed by atoms with Crippen molar-refractivity contribution in [3.05, 3.63) is 41.1 Å². The lowest BCUT2D eigenvalue weighted by Crippen LogP contribution is -2.14. The van der Waals surface area contributed by atoms with Gasteiger partial charge in [0.25, 0.3) is 0 Å². The fourth-order valence-electron chi connectivity index (χ4n) is 3.09. The molecule has 0 spiro atoms. The summed E-state index contributed by atoms with van der Waals surface area (Å²) in [5.41, 5.74) is 4.27. The molecule has 24 heavy (non-hydrogen) atoms. The number of Topliss-reactive ketones (excluding diaryl/α,β-unsaturated/α-hetero) is 1. The summed E-state index contributed by atoms with van der Waals surface area (Å²) in [6.07, 6.45) is 3.75. The number of nitriles is 1. The minimum Gasteiger partial charge on any atom is -0.292 e. The molecule has 1 fully saturated rings. The minimum absolute atomic E-state index is 0.139. The Bertz CT molecular complexity index is 790. The molecule has 0 bridgehead atoms. The van der Waals surface area contributed by atoms with Crippen LogP contribution in [0.1, 0.15) is 67.7 Å². The van der Waals surface area contributed by atoms with E-state index in [2.05, 4.69) is 26.8 Å². The van der Waals surface area contributed by atoms with Gasteiger partial charge in [-0.3, -0.25) is 9.48 Å². The number of hydrogen-bond acceptors (Lipinski definition) is 3. The van der Waals surface area contributed by atoms with Crippen LogP contribution in [0.4, 0.5) is 0 Å². The smallest absolute Gasteiger partial charge is 0.181 e. The van der Waals surface area contributed by atoms with Crippen LogP contribution in [0.2, 0.25) is 0 Å². The van der Waals surface area contributed by atoms with Crippen LogP contribution < -0.4 is 0 Å². The number of ketones is 1. The molecular weight excluding hydrogens is 298 g/mol. The van der Waals surface area contributed by atoms with Gasteiger partial charge >= 0.3 is 0 Å². The molecule has 0 saturated heterocycles. The van der Waals surface area contributed by atoms with Crippen molar-refractivity contribution in [1.29, 1.82) is 5.26 Å². The second-order valence-electron chi connectivity index (χ2n) is 6.83. The average molecular weight is 321 g/mol. The molecule has 124 valence electrons. The minimum atomic E-state index is 0.139. The van der Waals surface area contributed by atoms with Crippen molar-refractivity contribution in [1.82, 2.24) is 9.78 Å². The molecule has 1 aromatic heterocycles. The topological polar surface area (TPSA) is 58.7 Å². The summed E-state index contributed by atoms with van der Waals surface area (Å²) in [7, 11) is 0. The van der Waals surface area contributed by atoms with E-state index in [0.717, 1.165) is 28.9 Å². The van der Waals surface area contributed by atoms with E-state index in [1.807, 2.05) is 16.8 Å². The molecule has 2 aromatic rings. The van der Waals surface area contributed by atoms with Gasteiger partial charge in [0, 0.05) is 23.6 Å². The van der Waals surface area contributed by atoms with Crippen LogP contribution in [0.5, 0.6) is 0 Å². The van der Waals surface area contributed by atoms with Gasteiger partial charge in [0.2, 0.25) is 0 Å². The van der Waals surface area contributed by atoms with Crippen molar-refractivity contribution in [2.45, 2.75) is 52.5 Å². The van der Waals surface area contributed by atoms with Crippen LogP contribution in [-0.2, 0) is 6.42 Å². The number of carbonyl (C=O) groups excluding carboxylic acids is 1. The van der Waals surface area contributed by atoms with E-state index >= 15 is 0 Å². The molecule has 0 amide bonds. The highest BCUT2D eigenvalue weighted by atomic mass is 16.1. The molecule has 1 aliphatic rings. The van der Waals surface area contributed by atoms with Gasteiger partial charge in [-0.1, -0.05) is 19.1 Å². The molecule has 0 atom stereocenters. The highest BCUT2D eigenvalue weighted by molar-refractivity contribution is 5.98. The van der Waals surface area contributed by atoms with Crippen molar-refractivity contribution in [2.24, 2.45) is 5.92 Å². The summed E-state index contributed by atoms with van der Waals surface area (Å²) < 4.78 is 1.89. The maximum absolute atomic E-state index is 12.8. The van der Waals surface area contributed by atoms with Gasteiger partial charge in [-0.05, 0) is 51.2 Å². The van der Waals surface area contributed by atoms with Crippen LogP contribution in [0.3, 0.4) is 0 Å². The Morgan fingerprint density at radius 3 is 2.50 bits per heavy atom. The summed E-state index contributed by atoms with van der Waals surface area (Å²) in [4.78, 5) is 12.8. The van der Waals surface area contributed by atoms with Crippen molar-refractivity contribution >= 4 is 5.78 Å². The lowest BCUT2D eigenvalue weighted by atomic mass is 9.99. The van der Waals surface area contributed by atoms with Crippen LogP contribution in [0.15, 0.2) is 24.3 Å². The number of nitrogens with zero attached hydrogens (tertiary/aromatic N) is 3. The summed E-state index contributed by atoms with van der Waals surface area (Å²) in [6, 6.07) is 9.71. The maximum Gasteiger partial charge on any atom is 0.181 e. The molecule has 1 aromatic carbocycles. The van der Waals surface area contributed by atoms with Crippen LogP contribution in [0, 0.1) is 17.2 Å². The van der Waals surface area contributed by atoms with Crippen molar-refractivity contribution in [3.63, 3.8) is 0 Å². The molecule has 0 N–H and O–H groups in total. The summed E-state index contributed by atoms with van der Waals surface area (Å²) in [5.74, 6) is 0.784. The van der Waals surface area contributed by atoms with Gasteiger partial charge in [0.15, 0.2) is 5.78 Å². The zero-order chi connectivity index (χ0) is 17.3. The monoisotopic (exact) mass is 321 g/mol. The first-order chi connectivity index (χ1) is 11.5. The Balaban J connectivity index is 2.08. The van der Waals surface area contributed by atoms with Gasteiger partial charge in [0.05, 0.1) is 17.3 Å². The first-order valence-electron chi connectivity index (χ1n) is 8.70. The van der Waals surface area contributed by atoms with E-state index in [0.29, 0.717) is 17.9 Å². The van der Waals surface area contributed by atoms with E-state index in [1.54, 1.807) is 12.1 Å². The van der Waals surface area contributed by atoms with Crippen LogP contribution >= 0.6 is 0 Å². The zero-order valence-corrected chi connectivity index (χ0v) is 14.5. The van der Waals surface area contributed by atoms with Crippen molar-refractivity contribution < 1.29 is 4.79 Å². The first kappa shape index (κ1) is 16.4. The van der Waals surface area contributed by atoms with Crippen LogP contribution in [0.25, 0.3) is 11.3 Å². The Morgan fingerprint density at radius 1 is 1.33 bits per heavy atom. The van der Waals surface area contributed by atoms with Crippen molar-refractivity contribution in [3.8, 4) is 17.3 Å². The van der Waals surface area contributed by atoms with Gasteiger partial charge in [-0.15, -0.1) is 0 Å². The maximum atomic E-state index is 12.8. The predicted octanol–water partition coefficient (Wildman–Crippen LogP) is 4.55. The Labute approximate surface area is 143 Å². The number of hydrogen-bond donors (Lipinski definition) is 0. The van der Waals surface area contributed by atoms with E-state index in [4.69, 9.17) is 10.4 Å². The lowest BCUT2D eigenvalue weighted by Gasteiger charge is -2.11. The van der Waals surface area contributed by atoms with Crippen molar-refractivity contribution in [2.75, 3.05) is 0 Å². The predicted molar refractivity (Wildman–Crippen MR) is 93.8 cm³/mol. The largest absolute Gasteiger partial charge is 0.292 e. The molecule has 4 nitrogen and oxygen atoms in total. The number of aromatic nitrogens is 2. The van der Waals surface area contributed by atoms with E-state index in [1.165, 1.54) is 12.8 Å². The molecule has 1 saturated carbocycles. The Hall–Kier alpha value is -2.41. The van der Waals surface area contributed by atoms with E-state index in [9.17, 15) is 4.79 Å². The number of benzene rings is 1. The van der Waals surface area contributed by atoms with Gasteiger partial charge in [-0.25, -0.2) is 0 Å². The highest BCUT2D eigenvalue weighted by Crippen LogP contribution is 2.36. The van der Waals surface area contributed by atoms with E-state index in [-0.39, 0.29) is 11.8 Å². The lowest BCUT2D eigenvalue weighted by molar-refractivity contribution is 0.0963. The Kier molecular flexibility index (Phi) is 4.53. The highest BCUT2D eigenvalue weighted by Gasteiger charge is 2.30. The third-order valence-electron chi connectivity index (χ3n) is 4.57. The summed E-state index contributed by atoms with van der Waals surface area (Å²) >= 11 is 0. The zero-order valence-electron chi connectivity index (χ0n) is 14.5. The molecule has 0 radical (unpaired) electrons. The van der Waals surface area contributed by atoms with Gasteiger partial charge in [-0.2, -0.15) is 10.4 Å². The molecule has 4 heteroatoms. The fraction of sp³-hybridized carbons (Fsp3) is 0.450. The second kappa shape index (κ2) is 6.60. The molecule has 1 heterocycles. The first-order valence-corrected chi connectivity index (χ1v) is 8.70. The SMILES string of the molecule is CCc1c(-c2ccc(C#N)cc2)nn(C(C)C)c1C(=O)CC1CC1. The summed E-state index contributed by atoms with van der Waals surface area (Å²) in [5, 5.41) is 13.7. The molecule has 0 aliphatic heterocycles. The van der Waals surface area contributed by atoms with Gasteiger partial charge < -0.3 is 0 Å². The summed E-state index contributed by atoms with van der Waals surface area (Å²) in [6.45, 7) is 6.19. The quantitative estimate of drug-likeness (QED) is 0.733. The third kappa shape index (κ3) is 3.12. The average Bonchev–Trinajstić information content (AvgIpc) is 3.30. The molecule has 1 aliphatic carbocycles. The van der Waals surface area contributed by atoms with Gasteiger partial charge in [0.1, 0.15) is 5.69 Å². The number of carbonyl (C=O) groups is 1. The molecular formula is C20H23N3O. The standard InChI is InChI=1S/C20H23N3O/c1-4-17-19(16-9-7-15(12-21)8-10-16)22-23(13(2)3)20(17)18(24)11-14-5-6-14/h7-10,13-14H,4-6,11H2,1-3H3. The number of rotatable bonds is 6. The van der Waals surface area contributed by atoms with Crippen LogP contribution in [-0.4, -0.2) is 15.6 Å². The Morgan fingerprint density at radius 2 is 2.00 bits per heavy atom. The molecule has 0 unspecified atom stereocenters.